The Hall–Kier alpha value is -6.27. The summed E-state index contributed by atoms with van der Waals surface area (Å²) >= 11 is 5.74. The van der Waals surface area contributed by atoms with Gasteiger partial charge in [-0.15, -0.1) is 0 Å². The van der Waals surface area contributed by atoms with Crippen LogP contribution in [0.2, 0.25) is 0 Å². The molecule has 5 heterocycles. The first kappa shape index (κ1) is 39.0. The molecule has 57 heavy (non-hydrogen) atoms. The average molecular weight is 785 g/mol. The number of thiocarbonyl (C=S) groups is 1. The van der Waals surface area contributed by atoms with Crippen LogP contribution in [0.4, 0.5) is 27.3 Å². The van der Waals surface area contributed by atoms with Gasteiger partial charge in [-0.05, 0) is 101 Å². The molecule has 2 aromatic carbocycles. The van der Waals surface area contributed by atoms with Crippen molar-refractivity contribution < 1.29 is 18.8 Å². The van der Waals surface area contributed by atoms with E-state index in [1.807, 2.05) is 19.1 Å². The maximum atomic E-state index is 15.5. The number of aryl methyl sites for hydroxylation is 3. The molecule has 15 heteroatoms. The number of hydrogen-bond donors (Lipinski definition) is 1. The van der Waals surface area contributed by atoms with Gasteiger partial charge in [0, 0.05) is 48.4 Å². The van der Waals surface area contributed by atoms with Gasteiger partial charge in [-0.1, -0.05) is 25.3 Å². The maximum absolute atomic E-state index is 15.5. The SMILES string of the molecule is [C-]#[N+]c1ccc(N2C(=O)C(C)(C)N(c3ccc(C(=O)CCCCCCCN4C(=O)CCc5ncc(-c6ccc(-c7ncn[nH]7)nc6C)nc54)c(F)c3)C2=S)cc1C. The number of amides is 2. The van der Waals surface area contributed by atoms with Crippen LogP contribution in [-0.4, -0.2) is 64.9 Å². The first-order chi connectivity index (χ1) is 27.4. The molecule has 13 nitrogen and oxygen atoms in total. The fourth-order valence-corrected chi connectivity index (χ4v) is 7.90. The number of aromatic nitrogens is 6. The molecular weight excluding hydrogens is 744 g/mol. The highest BCUT2D eigenvalue weighted by molar-refractivity contribution is 7.81. The number of hydrogen-bond acceptors (Lipinski definition) is 9. The molecule has 2 aliphatic heterocycles. The van der Waals surface area contributed by atoms with Crippen LogP contribution in [0.15, 0.2) is 61.1 Å². The number of pyridine rings is 1. The Kier molecular flexibility index (Phi) is 11.0. The first-order valence-corrected chi connectivity index (χ1v) is 19.3. The number of unbranched alkanes of at least 4 members (excludes halogenated alkanes) is 4. The van der Waals surface area contributed by atoms with Crippen LogP contribution in [-0.2, 0) is 16.0 Å². The predicted molar refractivity (Wildman–Crippen MR) is 219 cm³/mol. The number of carbonyl (C=O) groups excluding carboxylic acids is 3. The highest BCUT2D eigenvalue weighted by Crippen LogP contribution is 2.38. The van der Waals surface area contributed by atoms with Crippen molar-refractivity contribution in [1.29, 1.82) is 0 Å². The Bertz CT molecular complexity index is 2440. The third-order valence-electron chi connectivity index (χ3n) is 10.5. The van der Waals surface area contributed by atoms with Gasteiger partial charge in [0.05, 0.1) is 29.7 Å². The number of nitrogens with zero attached hydrogens (tertiary/aromatic N) is 9. The van der Waals surface area contributed by atoms with E-state index in [1.165, 1.54) is 23.4 Å². The number of H-pyrrole nitrogens is 1. The molecular formula is C42H41FN10O3S. The number of fused-ring (bicyclic) bond motifs is 1. The molecule has 0 radical (unpaired) electrons. The van der Waals surface area contributed by atoms with E-state index in [0.29, 0.717) is 71.5 Å². The molecule has 0 spiro atoms. The lowest BCUT2D eigenvalue weighted by Gasteiger charge is -2.29. The second-order valence-corrected chi connectivity index (χ2v) is 15.1. The van der Waals surface area contributed by atoms with Gasteiger partial charge in [0.2, 0.25) is 5.91 Å². The molecule has 0 aliphatic carbocycles. The second kappa shape index (κ2) is 16.1. The summed E-state index contributed by atoms with van der Waals surface area (Å²) < 4.78 is 15.5. The lowest BCUT2D eigenvalue weighted by molar-refractivity contribution is -0.120. The number of nitrogens with one attached hydrogen (secondary N) is 1. The molecule has 0 bridgehead atoms. The largest absolute Gasteiger partial charge is 0.303 e. The van der Waals surface area contributed by atoms with Gasteiger partial charge in [0.15, 0.2) is 28.2 Å². The fourth-order valence-electron chi connectivity index (χ4n) is 7.38. The van der Waals surface area contributed by atoms with Crippen LogP contribution >= 0.6 is 12.2 Å². The number of halogens is 1. The van der Waals surface area contributed by atoms with Gasteiger partial charge >= 0.3 is 0 Å². The number of benzene rings is 2. The molecule has 2 aliphatic rings. The fraction of sp³-hybridized carbons (Fsp3) is 0.333. The zero-order valence-electron chi connectivity index (χ0n) is 32.2. The van der Waals surface area contributed by atoms with Crippen LogP contribution in [0, 0.1) is 26.2 Å². The molecule has 1 N–H and O–H groups in total. The van der Waals surface area contributed by atoms with Crippen LogP contribution in [0.25, 0.3) is 27.6 Å². The van der Waals surface area contributed by atoms with Crippen LogP contribution < -0.4 is 14.7 Å². The molecule has 2 amide bonds. The van der Waals surface area contributed by atoms with Crippen molar-refractivity contribution in [3.8, 4) is 22.8 Å². The average Bonchev–Trinajstić information content (AvgIpc) is 3.79. The Labute approximate surface area is 335 Å². The molecule has 0 atom stereocenters. The van der Waals surface area contributed by atoms with Crippen molar-refractivity contribution in [2.45, 2.75) is 84.6 Å². The zero-order chi connectivity index (χ0) is 40.4. The van der Waals surface area contributed by atoms with Crippen molar-refractivity contribution in [3.63, 3.8) is 0 Å². The predicted octanol–water partition coefficient (Wildman–Crippen LogP) is 8.05. The highest BCUT2D eigenvalue weighted by atomic mass is 32.1. The summed E-state index contributed by atoms with van der Waals surface area (Å²) in [5.41, 5.74) is 4.63. The highest BCUT2D eigenvalue weighted by Gasteiger charge is 2.50. The summed E-state index contributed by atoms with van der Waals surface area (Å²) in [7, 11) is 0. The molecule has 1 saturated heterocycles. The van der Waals surface area contributed by atoms with Crippen molar-refractivity contribution in [1.82, 2.24) is 30.1 Å². The van der Waals surface area contributed by atoms with Crippen molar-refractivity contribution in [2.75, 3.05) is 21.2 Å². The van der Waals surface area contributed by atoms with Gasteiger partial charge in [-0.3, -0.25) is 34.3 Å². The molecule has 0 unspecified atom stereocenters. The van der Waals surface area contributed by atoms with Crippen molar-refractivity contribution in [3.05, 3.63) is 101 Å². The van der Waals surface area contributed by atoms with Gasteiger partial charge in [-0.2, -0.15) is 5.10 Å². The van der Waals surface area contributed by atoms with E-state index in [4.69, 9.17) is 23.8 Å². The minimum absolute atomic E-state index is 0.00490. The number of carbonyl (C=O) groups is 3. The van der Waals surface area contributed by atoms with Gasteiger partial charge in [-0.25, -0.2) is 24.2 Å². The minimum Gasteiger partial charge on any atom is -0.303 e. The summed E-state index contributed by atoms with van der Waals surface area (Å²) in [5.74, 6) is -0.0755. The van der Waals surface area contributed by atoms with E-state index in [9.17, 15) is 14.4 Å². The van der Waals surface area contributed by atoms with Crippen LogP contribution in [0.5, 0.6) is 0 Å². The van der Waals surface area contributed by atoms with Gasteiger partial charge in [0.25, 0.3) is 5.91 Å². The Balaban J connectivity index is 0.913. The molecule has 1 fully saturated rings. The van der Waals surface area contributed by atoms with Gasteiger partial charge < -0.3 is 4.90 Å². The Morgan fingerprint density at radius 1 is 0.947 bits per heavy atom. The molecule has 7 rings (SSSR count). The third kappa shape index (κ3) is 7.65. The number of ketones is 1. The monoisotopic (exact) mass is 784 g/mol. The maximum Gasteiger partial charge on any atom is 0.259 e. The number of aromatic amines is 1. The van der Waals surface area contributed by atoms with Crippen molar-refractivity contribution in [2.24, 2.45) is 0 Å². The third-order valence-corrected chi connectivity index (χ3v) is 10.9. The minimum atomic E-state index is -1.12. The molecule has 290 valence electrons. The smallest absolute Gasteiger partial charge is 0.259 e. The van der Waals surface area contributed by atoms with E-state index in [1.54, 1.807) is 61.0 Å². The number of Topliss-reactive ketones (excluding diaryl/α,β-unsaturated/α-hetero) is 1. The Morgan fingerprint density at radius 2 is 1.72 bits per heavy atom. The topological polar surface area (TPSA) is 146 Å². The molecule has 3 aromatic heterocycles. The van der Waals surface area contributed by atoms with E-state index < -0.39 is 11.4 Å². The normalized spacial score (nSPS) is 14.9. The number of anilines is 3. The lowest BCUT2D eigenvalue weighted by Crippen LogP contribution is -2.44. The van der Waals surface area contributed by atoms with E-state index in [2.05, 4.69) is 30.0 Å². The summed E-state index contributed by atoms with van der Waals surface area (Å²) in [6, 6.07) is 13.2. The van der Waals surface area contributed by atoms with Crippen molar-refractivity contribution >= 4 is 57.8 Å². The summed E-state index contributed by atoms with van der Waals surface area (Å²) in [6.45, 7) is 15.0. The van der Waals surface area contributed by atoms with Crippen LogP contribution in [0.3, 0.4) is 0 Å². The second-order valence-electron chi connectivity index (χ2n) is 14.7. The molecule has 0 saturated carbocycles. The summed E-state index contributed by atoms with van der Waals surface area (Å²) in [6.07, 6.45) is 8.11. The van der Waals surface area contributed by atoms with E-state index in [-0.39, 0.29) is 34.7 Å². The van der Waals surface area contributed by atoms with E-state index in [0.717, 1.165) is 42.6 Å². The van der Waals surface area contributed by atoms with Gasteiger partial charge in [0.1, 0.15) is 23.4 Å². The number of rotatable bonds is 13. The molecule has 5 aromatic rings. The first-order valence-electron chi connectivity index (χ1n) is 18.9. The summed E-state index contributed by atoms with van der Waals surface area (Å²) in [4.78, 5) is 66.3. The summed E-state index contributed by atoms with van der Waals surface area (Å²) in [5, 5.41) is 6.90. The van der Waals surface area contributed by atoms with Crippen LogP contribution in [0.1, 0.15) is 86.1 Å². The lowest BCUT2D eigenvalue weighted by atomic mass is 10.0. The standard InChI is InChI=1S/C42H41FN10O3S/c1-25-21-27(13-16-32(25)44-5)52-40(56)42(3,4)53(41(52)57)28-12-14-30(31(43)22-28)36(54)11-9-7-6-8-10-20-51-37(55)19-18-34-39(51)49-35(23-45-34)29-15-17-33(48-26(29)2)38-46-24-47-50-38/h12-17,21-24H,6-11,18-20H2,1-4H3,(H,46,47,50). The quantitative estimate of drug-likeness (QED) is 0.0539. The zero-order valence-corrected chi connectivity index (χ0v) is 33.0. The Morgan fingerprint density at radius 3 is 2.44 bits per heavy atom. The van der Waals surface area contributed by atoms with E-state index >= 15 is 4.39 Å².